The Balaban J connectivity index is 2.00. The second-order valence-electron chi connectivity index (χ2n) is 5.20. The van der Waals surface area contributed by atoms with Crippen LogP contribution in [0.4, 0.5) is 0 Å². The van der Waals surface area contributed by atoms with Crippen molar-refractivity contribution in [3.05, 3.63) is 70.2 Å². The smallest absolute Gasteiger partial charge is 0.140 e. The monoisotopic (exact) mass is 314 g/mol. The zero-order valence-corrected chi connectivity index (χ0v) is 12.4. The highest BCUT2D eigenvalue weighted by Crippen LogP contribution is 2.61. The molecule has 1 aliphatic carbocycles. The lowest BCUT2D eigenvalue weighted by Crippen LogP contribution is -2.19. The number of hydrogen-bond donors (Lipinski definition) is 0. The van der Waals surface area contributed by atoms with Gasteiger partial charge in [0.1, 0.15) is 5.78 Å². The average molecular weight is 315 g/mol. The van der Waals surface area contributed by atoms with Crippen molar-refractivity contribution < 1.29 is 4.79 Å². The van der Waals surface area contributed by atoms with E-state index in [0.29, 0.717) is 5.92 Å². The molecular weight excluding hydrogens is 300 g/mol. The number of hydrogen-bond acceptors (Lipinski definition) is 1. The van der Waals surface area contributed by atoms with Crippen LogP contribution >= 0.6 is 15.9 Å². The molecule has 1 aliphatic rings. The minimum absolute atomic E-state index is 0.267. The average Bonchev–Trinajstić information content (AvgIpc) is 3.17. The van der Waals surface area contributed by atoms with Gasteiger partial charge in [0.2, 0.25) is 0 Å². The molecule has 1 fully saturated rings. The normalized spacial score (nSPS) is 25.1. The van der Waals surface area contributed by atoms with Gasteiger partial charge in [-0.3, -0.25) is 4.79 Å². The molecule has 0 unspecified atom stereocenters. The number of rotatable bonds is 3. The highest BCUT2D eigenvalue weighted by molar-refractivity contribution is 9.10. The zero-order chi connectivity index (χ0) is 13.5. The molecule has 0 aliphatic heterocycles. The largest absolute Gasteiger partial charge is 0.299 e. The molecule has 2 aromatic rings. The third kappa shape index (κ3) is 2.04. The lowest BCUT2D eigenvalue weighted by Gasteiger charge is -2.15. The first-order chi connectivity index (χ1) is 9.14. The van der Waals surface area contributed by atoms with Gasteiger partial charge in [-0.05, 0) is 36.6 Å². The SMILES string of the molecule is CC(=O)[C@@]1(c2ccc(Br)cc2)C[C@@H]1c1ccccc1. The highest BCUT2D eigenvalue weighted by atomic mass is 79.9. The van der Waals surface area contributed by atoms with E-state index in [0.717, 1.165) is 16.5 Å². The van der Waals surface area contributed by atoms with Crippen LogP contribution in [0.15, 0.2) is 59.1 Å². The van der Waals surface area contributed by atoms with E-state index in [4.69, 9.17) is 0 Å². The summed E-state index contributed by atoms with van der Waals surface area (Å²) in [5.74, 6) is 0.594. The fourth-order valence-electron chi connectivity index (χ4n) is 3.01. The number of carbonyl (C=O) groups excluding carboxylic acids is 1. The van der Waals surface area contributed by atoms with Crippen molar-refractivity contribution in [1.29, 1.82) is 0 Å². The molecule has 19 heavy (non-hydrogen) atoms. The maximum atomic E-state index is 12.2. The van der Waals surface area contributed by atoms with Gasteiger partial charge < -0.3 is 0 Å². The fourth-order valence-corrected chi connectivity index (χ4v) is 3.27. The second-order valence-corrected chi connectivity index (χ2v) is 6.12. The molecule has 0 spiro atoms. The summed E-state index contributed by atoms with van der Waals surface area (Å²) < 4.78 is 1.05. The Morgan fingerprint density at radius 1 is 1.11 bits per heavy atom. The number of carbonyl (C=O) groups is 1. The molecule has 1 saturated carbocycles. The highest BCUT2D eigenvalue weighted by Gasteiger charge is 2.59. The van der Waals surface area contributed by atoms with Crippen molar-refractivity contribution in [2.75, 3.05) is 0 Å². The third-order valence-electron chi connectivity index (χ3n) is 4.15. The van der Waals surface area contributed by atoms with Crippen molar-refractivity contribution in [3.8, 4) is 0 Å². The second kappa shape index (κ2) is 4.61. The summed E-state index contributed by atoms with van der Waals surface area (Å²) in [5, 5.41) is 0. The summed E-state index contributed by atoms with van der Waals surface area (Å²) in [6.45, 7) is 1.71. The Hall–Kier alpha value is -1.41. The summed E-state index contributed by atoms with van der Waals surface area (Å²) in [4.78, 5) is 12.2. The van der Waals surface area contributed by atoms with Crippen molar-refractivity contribution in [2.24, 2.45) is 0 Å². The number of ketones is 1. The Morgan fingerprint density at radius 2 is 1.74 bits per heavy atom. The minimum Gasteiger partial charge on any atom is -0.299 e. The maximum Gasteiger partial charge on any atom is 0.140 e. The van der Waals surface area contributed by atoms with Crippen LogP contribution in [0.5, 0.6) is 0 Å². The van der Waals surface area contributed by atoms with Gasteiger partial charge in [0, 0.05) is 10.4 Å². The quantitative estimate of drug-likeness (QED) is 0.817. The topological polar surface area (TPSA) is 17.1 Å². The van der Waals surface area contributed by atoms with Gasteiger partial charge in [-0.15, -0.1) is 0 Å². The first-order valence-electron chi connectivity index (χ1n) is 6.46. The van der Waals surface area contributed by atoms with Crippen LogP contribution in [0.25, 0.3) is 0 Å². The van der Waals surface area contributed by atoms with Crippen molar-refractivity contribution in [2.45, 2.75) is 24.7 Å². The van der Waals surface area contributed by atoms with Crippen molar-refractivity contribution in [3.63, 3.8) is 0 Å². The van der Waals surface area contributed by atoms with Gasteiger partial charge in [-0.1, -0.05) is 58.4 Å². The van der Waals surface area contributed by atoms with Gasteiger partial charge in [0.15, 0.2) is 0 Å². The fraction of sp³-hybridized carbons (Fsp3) is 0.235. The summed E-state index contributed by atoms with van der Waals surface area (Å²) >= 11 is 3.44. The number of Topliss-reactive ketones (excluding diaryl/α,β-unsaturated/α-hetero) is 1. The molecule has 0 aromatic heterocycles. The number of benzene rings is 2. The third-order valence-corrected chi connectivity index (χ3v) is 4.68. The Bertz CT molecular complexity index is 603. The van der Waals surface area contributed by atoms with Crippen molar-refractivity contribution in [1.82, 2.24) is 0 Å². The van der Waals surface area contributed by atoms with E-state index in [1.54, 1.807) is 6.92 Å². The minimum atomic E-state index is -0.304. The molecule has 2 aromatic carbocycles. The molecule has 1 nitrogen and oxygen atoms in total. The van der Waals surface area contributed by atoms with Crippen LogP contribution in [0, 0.1) is 0 Å². The van der Waals surface area contributed by atoms with Crippen LogP contribution in [-0.2, 0) is 10.2 Å². The van der Waals surface area contributed by atoms with Crippen molar-refractivity contribution >= 4 is 21.7 Å². The van der Waals surface area contributed by atoms with E-state index in [-0.39, 0.29) is 11.2 Å². The van der Waals surface area contributed by atoms with Gasteiger partial charge >= 0.3 is 0 Å². The van der Waals surface area contributed by atoms with Crippen LogP contribution in [0.1, 0.15) is 30.4 Å². The lowest BCUT2D eigenvalue weighted by atomic mass is 9.87. The molecule has 0 N–H and O–H groups in total. The lowest BCUT2D eigenvalue weighted by molar-refractivity contribution is -0.119. The molecular formula is C17H15BrO. The van der Waals surface area contributed by atoms with E-state index in [9.17, 15) is 4.79 Å². The molecule has 2 heteroatoms. The Morgan fingerprint density at radius 3 is 2.32 bits per heavy atom. The zero-order valence-electron chi connectivity index (χ0n) is 10.8. The molecule has 96 valence electrons. The molecule has 0 radical (unpaired) electrons. The van der Waals surface area contributed by atoms with Gasteiger partial charge in [-0.25, -0.2) is 0 Å². The van der Waals surface area contributed by atoms with E-state index in [1.807, 2.05) is 30.3 Å². The van der Waals surface area contributed by atoms with Gasteiger partial charge in [0.25, 0.3) is 0 Å². The first kappa shape index (κ1) is 12.6. The molecule has 0 saturated heterocycles. The molecule has 0 amide bonds. The van der Waals surface area contributed by atoms with E-state index in [1.165, 1.54) is 5.56 Å². The molecule has 3 rings (SSSR count). The molecule has 0 heterocycles. The van der Waals surface area contributed by atoms with E-state index in [2.05, 4.69) is 40.2 Å². The van der Waals surface area contributed by atoms with Crippen LogP contribution < -0.4 is 0 Å². The Labute approximate surface area is 121 Å². The molecule has 0 bridgehead atoms. The van der Waals surface area contributed by atoms with E-state index < -0.39 is 0 Å². The van der Waals surface area contributed by atoms with Crippen LogP contribution in [-0.4, -0.2) is 5.78 Å². The van der Waals surface area contributed by atoms with Crippen LogP contribution in [0.3, 0.4) is 0 Å². The molecule has 2 atom stereocenters. The summed E-state index contributed by atoms with van der Waals surface area (Å²) in [6, 6.07) is 18.5. The maximum absolute atomic E-state index is 12.2. The van der Waals surface area contributed by atoms with Crippen LogP contribution in [0.2, 0.25) is 0 Å². The first-order valence-corrected chi connectivity index (χ1v) is 7.26. The summed E-state index contributed by atoms with van der Waals surface area (Å²) in [7, 11) is 0. The van der Waals surface area contributed by atoms with Gasteiger partial charge in [-0.2, -0.15) is 0 Å². The summed E-state index contributed by atoms with van der Waals surface area (Å²) in [5.41, 5.74) is 2.10. The predicted octanol–water partition coefficient (Wildman–Crippen LogP) is 4.46. The van der Waals surface area contributed by atoms with E-state index >= 15 is 0 Å². The number of halogens is 1. The Kier molecular flexibility index (Phi) is 3.06. The summed E-state index contributed by atoms with van der Waals surface area (Å²) in [6.07, 6.45) is 0.925. The predicted molar refractivity (Wildman–Crippen MR) is 80.3 cm³/mol. The standard InChI is InChI=1S/C17H15BrO/c1-12(19)17(14-7-9-15(18)10-8-14)11-16(17)13-5-3-2-4-6-13/h2-10,16H,11H2,1H3/t16-,17-/m1/s1. The van der Waals surface area contributed by atoms with Gasteiger partial charge in [0.05, 0.1) is 5.41 Å².